The molecule has 1 unspecified atom stereocenters. The molecular formula is C20H21F3N3OPS. The Balaban J connectivity index is 2.22. The van der Waals surface area contributed by atoms with Gasteiger partial charge in [0.15, 0.2) is 5.60 Å². The van der Waals surface area contributed by atoms with Gasteiger partial charge in [0.1, 0.15) is 5.29 Å². The van der Waals surface area contributed by atoms with Gasteiger partial charge in [0.25, 0.3) is 5.17 Å². The Bertz CT molecular complexity index is 993. The molecule has 0 spiro atoms. The zero-order chi connectivity index (χ0) is 21.4. The van der Waals surface area contributed by atoms with Gasteiger partial charge in [-0.3, -0.25) is 10.5 Å². The van der Waals surface area contributed by atoms with E-state index in [2.05, 4.69) is 10.3 Å². The summed E-state index contributed by atoms with van der Waals surface area (Å²) < 4.78 is 46.9. The highest BCUT2D eigenvalue weighted by molar-refractivity contribution is 7.80. The van der Waals surface area contributed by atoms with Crippen molar-refractivity contribution in [2.45, 2.75) is 39.0 Å². The van der Waals surface area contributed by atoms with E-state index in [9.17, 15) is 13.2 Å². The number of nitrogens with two attached hydrogens (primary N) is 1. The maximum Gasteiger partial charge on any atom is 0.422 e. The van der Waals surface area contributed by atoms with Crippen LogP contribution in [0.5, 0.6) is 0 Å². The molecule has 1 fully saturated rings. The fourth-order valence-corrected chi connectivity index (χ4v) is 4.40. The van der Waals surface area contributed by atoms with Gasteiger partial charge in [0.05, 0.1) is 6.54 Å². The van der Waals surface area contributed by atoms with Crippen molar-refractivity contribution in [3.63, 3.8) is 0 Å². The van der Waals surface area contributed by atoms with E-state index in [0.29, 0.717) is 29.3 Å². The number of benzene rings is 1. The Morgan fingerprint density at radius 1 is 1.34 bits per heavy atom. The first-order chi connectivity index (χ1) is 13.6. The van der Waals surface area contributed by atoms with Crippen molar-refractivity contribution < 1.29 is 17.9 Å². The lowest BCUT2D eigenvalue weighted by molar-refractivity contribution is -0.0558. The van der Waals surface area contributed by atoms with Gasteiger partial charge in [0.2, 0.25) is 0 Å². The second-order valence-corrected chi connectivity index (χ2v) is 8.05. The number of thiocarbonyl (C=S) groups is 1. The van der Waals surface area contributed by atoms with Crippen LogP contribution in [0.15, 0.2) is 30.5 Å². The number of aryl methyl sites for hydroxylation is 2. The highest BCUT2D eigenvalue weighted by Crippen LogP contribution is 2.38. The summed E-state index contributed by atoms with van der Waals surface area (Å²) in [6.45, 7) is 5.96. The van der Waals surface area contributed by atoms with E-state index < -0.39 is 17.1 Å². The van der Waals surface area contributed by atoms with Gasteiger partial charge in [-0.1, -0.05) is 24.6 Å². The highest BCUT2D eigenvalue weighted by Gasteiger charge is 2.40. The van der Waals surface area contributed by atoms with Gasteiger partial charge in [-0.25, -0.2) is 0 Å². The van der Waals surface area contributed by atoms with E-state index in [-0.39, 0.29) is 19.6 Å². The molecule has 1 saturated heterocycles. The molecule has 2 heterocycles. The molecule has 2 aromatic rings. The van der Waals surface area contributed by atoms with E-state index >= 15 is 0 Å². The number of hydrogen-bond donors (Lipinski definition) is 2. The van der Waals surface area contributed by atoms with Crippen molar-refractivity contribution in [2.75, 3.05) is 6.54 Å². The van der Waals surface area contributed by atoms with E-state index in [0.717, 1.165) is 11.1 Å². The average molecular weight is 439 g/mol. The third kappa shape index (κ3) is 4.15. The summed E-state index contributed by atoms with van der Waals surface area (Å²) >= 11 is 5.14. The molecule has 1 aromatic carbocycles. The Morgan fingerprint density at radius 2 is 2.07 bits per heavy atom. The number of ether oxygens (including phenoxy) is 1. The Kier molecular flexibility index (Phi) is 5.99. The number of alkyl halides is 3. The largest absolute Gasteiger partial charge is 0.458 e. The molecule has 4 nitrogen and oxygen atoms in total. The fourth-order valence-electron chi connectivity index (χ4n) is 3.61. The molecule has 154 valence electrons. The summed E-state index contributed by atoms with van der Waals surface area (Å²) in [5.74, 6) is 0. The fraction of sp³-hybridized carbons (Fsp3) is 0.350. The van der Waals surface area contributed by atoms with Crippen LogP contribution in [-0.4, -0.2) is 28.2 Å². The molecule has 1 atom stereocenters. The summed E-state index contributed by atoms with van der Waals surface area (Å²) in [5.41, 5.74) is 7.98. The van der Waals surface area contributed by atoms with Gasteiger partial charge >= 0.3 is 6.18 Å². The van der Waals surface area contributed by atoms with Crippen LogP contribution in [0.2, 0.25) is 0 Å². The minimum Gasteiger partial charge on any atom is -0.458 e. The average Bonchev–Trinajstić information content (AvgIpc) is 3.04. The maximum atomic E-state index is 13.7. The number of hydrogen-bond acceptors (Lipinski definition) is 4. The molecule has 0 bridgehead atoms. The smallest absolute Gasteiger partial charge is 0.422 e. The van der Waals surface area contributed by atoms with E-state index in [1.807, 2.05) is 32.0 Å². The molecule has 0 amide bonds. The first-order valence-electron chi connectivity index (χ1n) is 9.01. The predicted molar refractivity (Wildman–Crippen MR) is 114 cm³/mol. The molecule has 1 aliphatic heterocycles. The Labute approximate surface area is 174 Å². The van der Waals surface area contributed by atoms with Crippen molar-refractivity contribution in [3.05, 3.63) is 52.8 Å². The molecule has 0 saturated carbocycles. The monoisotopic (exact) mass is 439 g/mol. The Hall–Kier alpha value is -2.02. The first kappa shape index (κ1) is 21.7. The summed E-state index contributed by atoms with van der Waals surface area (Å²) in [4.78, 5) is 4.08. The number of nitrogens with zero attached hydrogens (tertiary/aromatic N) is 1. The summed E-state index contributed by atoms with van der Waals surface area (Å²) in [6, 6.07) is 7.29. The molecule has 0 aliphatic carbocycles. The van der Waals surface area contributed by atoms with Crippen LogP contribution in [0.3, 0.4) is 0 Å². The Morgan fingerprint density at radius 3 is 2.62 bits per heavy atom. The quantitative estimate of drug-likeness (QED) is 0.531. The van der Waals surface area contributed by atoms with Gasteiger partial charge < -0.3 is 10.1 Å². The van der Waals surface area contributed by atoms with Gasteiger partial charge in [-0.05, 0) is 69.7 Å². The lowest BCUT2D eigenvalue weighted by Crippen LogP contribution is -2.29. The van der Waals surface area contributed by atoms with Crippen molar-refractivity contribution in [2.24, 2.45) is 5.50 Å². The summed E-state index contributed by atoms with van der Waals surface area (Å²) in [7, 11) is -0.352. The van der Waals surface area contributed by atoms with Gasteiger partial charge in [-0.15, -0.1) is 0 Å². The number of aromatic nitrogens is 1. The third-order valence-corrected chi connectivity index (χ3v) is 6.03. The van der Waals surface area contributed by atoms with Crippen LogP contribution in [0, 0.1) is 13.8 Å². The van der Waals surface area contributed by atoms with Crippen molar-refractivity contribution in [1.29, 1.82) is 0 Å². The van der Waals surface area contributed by atoms with Crippen molar-refractivity contribution >= 4 is 31.0 Å². The lowest BCUT2D eigenvalue weighted by atomic mass is 9.86. The minimum atomic E-state index is -4.55. The lowest BCUT2D eigenvalue weighted by Gasteiger charge is -2.27. The van der Waals surface area contributed by atoms with Crippen LogP contribution >= 0.6 is 20.6 Å². The van der Waals surface area contributed by atoms with Crippen LogP contribution in [-0.2, 0) is 10.3 Å². The normalized spacial score (nSPS) is 19.8. The second-order valence-electron chi connectivity index (χ2n) is 6.97. The minimum absolute atomic E-state index is 0.0206. The molecule has 1 aliphatic rings. The molecule has 0 radical (unpaired) electrons. The zero-order valence-corrected chi connectivity index (χ0v) is 17.9. The topological polar surface area (TPSA) is 60.2 Å². The zero-order valence-electron chi connectivity index (χ0n) is 16.2. The molecule has 3 rings (SSSR count). The SMILES string of the molecule is CCC1(c2cc(C)cc(-c3ccnc(C)c3C(=PN)C(F)(F)F)c2)CNC(=S)O1. The van der Waals surface area contributed by atoms with Crippen LogP contribution in [0.1, 0.15) is 35.7 Å². The second kappa shape index (κ2) is 8.01. The van der Waals surface area contributed by atoms with Crippen molar-refractivity contribution in [1.82, 2.24) is 10.3 Å². The van der Waals surface area contributed by atoms with E-state index in [4.69, 9.17) is 22.5 Å². The predicted octanol–water partition coefficient (Wildman–Crippen LogP) is 4.78. The summed E-state index contributed by atoms with van der Waals surface area (Å²) in [6.07, 6.45) is -2.39. The number of rotatable bonds is 4. The van der Waals surface area contributed by atoms with Gasteiger partial charge in [-0.2, -0.15) is 13.2 Å². The maximum absolute atomic E-state index is 13.7. The van der Waals surface area contributed by atoms with Crippen molar-refractivity contribution in [3.8, 4) is 11.1 Å². The standard InChI is InChI=1S/C20H21F3N3OPS/c1-4-19(10-26-18(29)27-19)14-8-11(2)7-13(9-14)15-5-6-25-12(3)16(15)17(28-24)20(21,22)23/h5-9H,4,10,24H2,1-3H3,(H,26,29). The molecule has 29 heavy (non-hydrogen) atoms. The first-order valence-corrected chi connectivity index (χ1v) is 10.4. The number of pyridine rings is 1. The third-order valence-electron chi connectivity index (χ3n) is 5.07. The van der Waals surface area contributed by atoms with Gasteiger partial charge in [0, 0.05) is 17.5 Å². The van der Waals surface area contributed by atoms with E-state index in [1.165, 1.54) is 6.20 Å². The molecule has 1 aromatic heterocycles. The highest BCUT2D eigenvalue weighted by atomic mass is 32.1. The molecular weight excluding hydrogens is 418 g/mol. The molecule has 3 N–H and O–H groups in total. The number of halogens is 3. The summed E-state index contributed by atoms with van der Waals surface area (Å²) in [5, 5.41) is 2.55. The van der Waals surface area contributed by atoms with Crippen LogP contribution < -0.4 is 10.8 Å². The van der Waals surface area contributed by atoms with Crippen LogP contribution in [0.4, 0.5) is 13.2 Å². The number of nitrogens with one attached hydrogen (secondary N) is 1. The van der Waals surface area contributed by atoms with Crippen LogP contribution in [0.25, 0.3) is 11.1 Å². The molecule has 9 heteroatoms. The van der Waals surface area contributed by atoms with E-state index in [1.54, 1.807) is 13.0 Å².